The molecule has 0 aliphatic heterocycles. The Balaban J connectivity index is 2.63. The minimum atomic E-state index is -1.52. The highest BCUT2D eigenvalue weighted by atomic mass is 16.6. The van der Waals surface area contributed by atoms with E-state index in [0.717, 1.165) is 19.3 Å². The van der Waals surface area contributed by atoms with Gasteiger partial charge in [-0.05, 0) is 25.0 Å². The van der Waals surface area contributed by atoms with E-state index in [1.165, 1.54) is 24.3 Å². The highest BCUT2D eigenvalue weighted by molar-refractivity contribution is 5.94. The van der Waals surface area contributed by atoms with Crippen molar-refractivity contribution in [2.75, 3.05) is 33.0 Å². The Morgan fingerprint density at radius 3 is 2.16 bits per heavy atom. The average Bonchev–Trinajstić information content (AvgIpc) is 2.80. The lowest BCUT2D eigenvalue weighted by atomic mass is 9.87. The van der Waals surface area contributed by atoms with E-state index in [0.29, 0.717) is 0 Å². The average molecular weight is 454 g/mol. The van der Waals surface area contributed by atoms with Crippen molar-refractivity contribution in [3.63, 3.8) is 0 Å². The number of esters is 4. The summed E-state index contributed by atoms with van der Waals surface area (Å²) in [6.45, 7) is 1.14. The number of benzene rings is 1. The van der Waals surface area contributed by atoms with E-state index in [9.17, 15) is 29.4 Å². The fraction of sp³-hybridized carbons (Fsp3) is 0.545. The molecule has 0 aliphatic rings. The normalized spacial score (nSPS) is 10.9. The summed E-state index contributed by atoms with van der Waals surface area (Å²) in [5.74, 6) is -3.69. The van der Waals surface area contributed by atoms with Gasteiger partial charge in [0.2, 0.25) is 0 Å². The molecule has 0 radical (unpaired) electrons. The lowest BCUT2D eigenvalue weighted by Gasteiger charge is -2.25. The molecule has 0 fully saturated rings. The Morgan fingerprint density at radius 1 is 0.875 bits per heavy atom. The third-order valence-electron chi connectivity index (χ3n) is 4.70. The van der Waals surface area contributed by atoms with E-state index in [1.807, 2.05) is 6.92 Å². The summed E-state index contributed by atoms with van der Waals surface area (Å²) in [6, 6.07) is 5.68. The zero-order chi connectivity index (χ0) is 24.0. The number of aliphatic hydroxyl groups excluding tert-OH is 2. The van der Waals surface area contributed by atoms with Gasteiger partial charge in [0.05, 0.1) is 19.8 Å². The van der Waals surface area contributed by atoms with Crippen LogP contribution in [0, 0.1) is 5.41 Å². The van der Waals surface area contributed by atoms with E-state index < -0.39 is 55.7 Å². The predicted molar refractivity (Wildman–Crippen MR) is 111 cm³/mol. The Labute approximate surface area is 186 Å². The molecule has 1 aromatic carbocycles. The first kappa shape index (κ1) is 27.1. The van der Waals surface area contributed by atoms with Crippen LogP contribution >= 0.6 is 0 Å². The molecule has 32 heavy (non-hydrogen) atoms. The summed E-state index contributed by atoms with van der Waals surface area (Å²) >= 11 is 0. The first-order valence-corrected chi connectivity index (χ1v) is 10.3. The maximum atomic E-state index is 12.3. The topological polar surface area (TPSA) is 146 Å². The second-order valence-corrected chi connectivity index (χ2v) is 7.00. The van der Waals surface area contributed by atoms with Crippen LogP contribution in [0.3, 0.4) is 0 Å². The van der Waals surface area contributed by atoms with Gasteiger partial charge in [-0.15, -0.1) is 0 Å². The zero-order valence-corrected chi connectivity index (χ0v) is 18.3. The molecule has 0 aliphatic carbocycles. The van der Waals surface area contributed by atoms with E-state index in [4.69, 9.17) is 18.9 Å². The summed E-state index contributed by atoms with van der Waals surface area (Å²) in [6.07, 6.45) is 2.71. The Hall–Kier alpha value is -2.98. The Morgan fingerprint density at radius 2 is 1.53 bits per heavy atom. The van der Waals surface area contributed by atoms with Crippen molar-refractivity contribution < 1.29 is 48.3 Å². The molecule has 0 saturated carbocycles. The SMILES string of the molecule is CCCCCOC(=O)COC(=O)c1ccccc1OC(=O)COC(=O)C(CC)(CO)CO. The molecule has 2 N–H and O–H groups in total. The van der Waals surface area contributed by atoms with Crippen molar-refractivity contribution in [2.24, 2.45) is 5.41 Å². The van der Waals surface area contributed by atoms with E-state index in [1.54, 1.807) is 6.92 Å². The van der Waals surface area contributed by atoms with Crippen LogP contribution in [-0.2, 0) is 28.6 Å². The van der Waals surface area contributed by atoms with Crippen LogP contribution in [0.25, 0.3) is 0 Å². The molecule has 178 valence electrons. The van der Waals surface area contributed by atoms with Gasteiger partial charge in [0, 0.05) is 0 Å². The second-order valence-electron chi connectivity index (χ2n) is 7.00. The minimum Gasteiger partial charge on any atom is -0.463 e. The fourth-order valence-corrected chi connectivity index (χ4v) is 2.48. The van der Waals surface area contributed by atoms with Crippen LogP contribution in [0.4, 0.5) is 0 Å². The van der Waals surface area contributed by atoms with Crippen LogP contribution in [0.15, 0.2) is 24.3 Å². The first-order valence-electron chi connectivity index (χ1n) is 10.3. The fourth-order valence-electron chi connectivity index (χ4n) is 2.48. The van der Waals surface area contributed by atoms with Gasteiger partial charge in [-0.2, -0.15) is 0 Å². The molecule has 0 atom stereocenters. The molecule has 0 unspecified atom stereocenters. The van der Waals surface area contributed by atoms with Gasteiger partial charge in [-0.1, -0.05) is 38.8 Å². The van der Waals surface area contributed by atoms with E-state index >= 15 is 0 Å². The molecule has 10 nitrogen and oxygen atoms in total. The maximum absolute atomic E-state index is 12.3. The number of unbranched alkanes of at least 4 members (excludes halogenated alkanes) is 2. The van der Waals surface area contributed by atoms with Gasteiger partial charge in [-0.25, -0.2) is 14.4 Å². The molecule has 0 aromatic heterocycles. The van der Waals surface area contributed by atoms with Crippen molar-refractivity contribution in [1.29, 1.82) is 0 Å². The van der Waals surface area contributed by atoms with Crippen LogP contribution in [-0.4, -0.2) is 67.1 Å². The van der Waals surface area contributed by atoms with Crippen LogP contribution in [0.1, 0.15) is 49.9 Å². The van der Waals surface area contributed by atoms with Crippen LogP contribution < -0.4 is 4.74 Å². The van der Waals surface area contributed by atoms with Gasteiger partial charge in [0.15, 0.2) is 13.2 Å². The number of rotatable bonds is 14. The van der Waals surface area contributed by atoms with Gasteiger partial charge in [0.1, 0.15) is 16.7 Å². The van der Waals surface area contributed by atoms with E-state index in [2.05, 4.69) is 0 Å². The van der Waals surface area contributed by atoms with Gasteiger partial charge in [0.25, 0.3) is 0 Å². The number of carbonyl (C=O) groups is 4. The van der Waals surface area contributed by atoms with Gasteiger partial charge >= 0.3 is 23.9 Å². The number of ether oxygens (including phenoxy) is 4. The molecular weight excluding hydrogens is 424 g/mol. The number of hydrogen-bond donors (Lipinski definition) is 2. The number of hydrogen-bond acceptors (Lipinski definition) is 10. The van der Waals surface area contributed by atoms with Crippen molar-refractivity contribution in [3.05, 3.63) is 29.8 Å². The van der Waals surface area contributed by atoms with Crippen LogP contribution in [0.5, 0.6) is 5.75 Å². The van der Waals surface area contributed by atoms with Crippen LogP contribution in [0.2, 0.25) is 0 Å². The summed E-state index contributed by atoms with van der Waals surface area (Å²) in [5.41, 5.74) is -1.63. The molecule has 10 heteroatoms. The summed E-state index contributed by atoms with van der Waals surface area (Å²) in [7, 11) is 0. The Bertz CT molecular complexity index is 761. The lowest BCUT2D eigenvalue weighted by Crippen LogP contribution is -2.40. The molecule has 1 aromatic rings. The van der Waals surface area contributed by atoms with Crippen molar-refractivity contribution in [1.82, 2.24) is 0 Å². The third-order valence-corrected chi connectivity index (χ3v) is 4.70. The molecule has 0 saturated heterocycles. The monoisotopic (exact) mass is 454 g/mol. The zero-order valence-electron chi connectivity index (χ0n) is 18.3. The summed E-state index contributed by atoms with van der Waals surface area (Å²) < 4.78 is 19.8. The van der Waals surface area contributed by atoms with Crippen molar-refractivity contribution in [2.45, 2.75) is 39.5 Å². The number of para-hydroxylation sites is 1. The standard InChI is InChI=1S/C22H30O10/c1-3-5-8-11-29-18(25)12-30-20(27)16-9-6-7-10-17(16)32-19(26)13-31-21(28)22(4-2,14-23)15-24/h6-7,9-10,23-24H,3-5,8,11-15H2,1-2H3. The summed E-state index contributed by atoms with van der Waals surface area (Å²) in [4.78, 5) is 48.1. The minimum absolute atomic E-state index is 0.101. The second kappa shape index (κ2) is 14.2. The quantitative estimate of drug-likeness (QED) is 0.183. The van der Waals surface area contributed by atoms with Crippen molar-refractivity contribution >= 4 is 23.9 Å². The molecular formula is C22H30O10. The molecule has 0 heterocycles. The highest BCUT2D eigenvalue weighted by Crippen LogP contribution is 2.23. The predicted octanol–water partition coefficient (Wildman–Crippen LogP) is 1.41. The first-order chi connectivity index (χ1) is 15.3. The number of carbonyl (C=O) groups excluding carboxylic acids is 4. The Kier molecular flexibility index (Phi) is 12.0. The largest absolute Gasteiger partial charge is 0.463 e. The number of aliphatic hydroxyl groups is 2. The highest BCUT2D eigenvalue weighted by Gasteiger charge is 2.37. The lowest BCUT2D eigenvalue weighted by molar-refractivity contribution is -0.167. The molecule has 0 amide bonds. The van der Waals surface area contributed by atoms with Crippen molar-refractivity contribution in [3.8, 4) is 5.75 Å². The molecule has 1 rings (SSSR count). The maximum Gasteiger partial charge on any atom is 0.349 e. The molecule has 0 spiro atoms. The smallest absolute Gasteiger partial charge is 0.349 e. The van der Waals surface area contributed by atoms with Gasteiger partial charge < -0.3 is 29.2 Å². The van der Waals surface area contributed by atoms with Gasteiger partial charge in [-0.3, -0.25) is 4.79 Å². The summed E-state index contributed by atoms with van der Waals surface area (Å²) in [5, 5.41) is 18.7. The van der Waals surface area contributed by atoms with E-state index in [-0.39, 0.29) is 24.3 Å². The third kappa shape index (κ3) is 8.27. The molecule has 0 bridgehead atoms.